The van der Waals surface area contributed by atoms with Crippen molar-refractivity contribution in [3.63, 3.8) is 0 Å². The molecule has 0 amide bonds. The first-order valence-corrected chi connectivity index (χ1v) is 11.3. The van der Waals surface area contributed by atoms with Crippen LogP contribution in [0.4, 0.5) is 26.3 Å². The molecule has 0 radical (unpaired) electrons. The number of ether oxygens (including phenoxy) is 1. The molecule has 0 saturated heterocycles. The monoisotopic (exact) mass is 508 g/mol. The largest absolute Gasteiger partial charge is 0.493 e. The lowest BCUT2D eigenvalue weighted by Crippen LogP contribution is -1.99. The molecule has 0 atom stereocenters. The maximum absolute atomic E-state index is 14.6. The highest BCUT2D eigenvalue weighted by molar-refractivity contribution is 5.84. The summed E-state index contributed by atoms with van der Waals surface area (Å²) in [5.74, 6) is 3.59. The highest BCUT2D eigenvalue weighted by atomic mass is 19.2. The number of unbranched alkanes of at least 4 members (excludes halogenated alkanes) is 1. The molecule has 37 heavy (non-hydrogen) atoms. The molecule has 0 heterocycles. The molecule has 0 bridgehead atoms. The van der Waals surface area contributed by atoms with E-state index in [0.29, 0.717) is 12.2 Å². The average Bonchev–Trinajstić information content (AvgIpc) is 2.86. The molecule has 7 heteroatoms. The zero-order chi connectivity index (χ0) is 26.5. The van der Waals surface area contributed by atoms with Crippen molar-refractivity contribution in [2.75, 3.05) is 6.61 Å². The van der Waals surface area contributed by atoms with Gasteiger partial charge in [-0.3, -0.25) is 0 Å². The van der Waals surface area contributed by atoms with Gasteiger partial charge < -0.3 is 4.74 Å². The van der Waals surface area contributed by atoms with Gasteiger partial charge in [0.2, 0.25) is 0 Å². The molecular weight excluding hydrogens is 490 g/mol. The highest BCUT2D eigenvalue weighted by Crippen LogP contribution is 2.24. The van der Waals surface area contributed by atoms with Crippen molar-refractivity contribution in [1.82, 2.24) is 0 Å². The first-order chi connectivity index (χ1) is 17.8. The number of halogens is 6. The van der Waals surface area contributed by atoms with Crippen molar-refractivity contribution in [3.8, 4) is 29.4 Å². The Balaban J connectivity index is 1.54. The SMILES string of the molecule is CCCCOc1cc(F)c(C#Cc2ccc(C#Cc3ccc4c(F)c(F)c(F)cc4c3)c(F)c2)c(F)c1. The average molecular weight is 508 g/mol. The fourth-order valence-electron chi connectivity index (χ4n) is 3.44. The van der Waals surface area contributed by atoms with Gasteiger partial charge >= 0.3 is 0 Å². The Hall–Kier alpha value is -4.36. The Morgan fingerprint density at radius 1 is 0.649 bits per heavy atom. The second-order valence-electron chi connectivity index (χ2n) is 8.08. The van der Waals surface area contributed by atoms with Crippen molar-refractivity contribution in [2.45, 2.75) is 19.8 Å². The molecule has 0 aromatic heterocycles. The van der Waals surface area contributed by atoms with Crippen molar-refractivity contribution in [2.24, 2.45) is 0 Å². The first kappa shape index (κ1) is 25.7. The zero-order valence-corrected chi connectivity index (χ0v) is 19.5. The Labute approximate surface area is 209 Å². The minimum absolute atomic E-state index is 0.00746. The third kappa shape index (κ3) is 5.90. The third-order valence-electron chi connectivity index (χ3n) is 5.40. The molecule has 4 rings (SSSR count). The quantitative estimate of drug-likeness (QED) is 0.119. The molecule has 4 aromatic rings. The fourth-order valence-corrected chi connectivity index (χ4v) is 3.44. The van der Waals surface area contributed by atoms with Crippen LogP contribution < -0.4 is 4.74 Å². The molecule has 0 N–H and O–H groups in total. The summed E-state index contributed by atoms with van der Waals surface area (Å²) in [5.41, 5.74) is 0.0438. The van der Waals surface area contributed by atoms with Crippen LogP contribution in [0, 0.1) is 58.6 Å². The Kier molecular flexibility index (Phi) is 7.74. The Bertz CT molecular complexity index is 1600. The summed E-state index contributed by atoms with van der Waals surface area (Å²) in [5, 5.41) is -0.000552. The predicted molar refractivity (Wildman–Crippen MR) is 129 cm³/mol. The van der Waals surface area contributed by atoms with Crippen LogP contribution in [-0.4, -0.2) is 6.61 Å². The van der Waals surface area contributed by atoms with E-state index in [-0.39, 0.29) is 27.6 Å². The highest BCUT2D eigenvalue weighted by Gasteiger charge is 2.13. The Morgan fingerprint density at radius 2 is 1.32 bits per heavy atom. The van der Waals surface area contributed by atoms with Gasteiger partial charge in [-0.15, -0.1) is 0 Å². The molecule has 1 nitrogen and oxygen atoms in total. The lowest BCUT2D eigenvalue weighted by Gasteiger charge is -2.06. The second-order valence-corrected chi connectivity index (χ2v) is 8.08. The van der Waals surface area contributed by atoms with E-state index in [4.69, 9.17) is 4.74 Å². The maximum Gasteiger partial charge on any atom is 0.195 e. The van der Waals surface area contributed by atoms with Crippen LogP contribution in [0.5, 0.6) is 5.75 Å². The third-order valence-corrected chi connectivity index (χ3v) is 5.40. The lowest BCUT2D eigenvalue weighted by atomic mass is 10.1. The van der Waals surface area contributed by atoms with Crippen molar-refractivity contribution < 1.29 is 31.1 Å². The number of fused-ring (bicyclic) bond motifs is 1. The van der Waals surface area contributed by atoms with E-state index in [0.717, 1.165) is 37.1 Å². The first-order valence-electron chi connectivity index (χ1n) is 11.3. The number of rotatable bonds is 4. The smallest absolute Gasteiger partial charge is 0.195 e. The topological polar surface area (TPSA) is 9.23 Å². The second kappa shape index (κ2) is 11.1. The van der Waals surface area contributed by atoms with Gasteiger partial charge in [0.15, 0.2) is 17.5 Å². The summed E-state index contributed by atoms with van der Waals surface area (Å²) < 4.78 is 89.3. The summed E-state index contributed by atoms with van der Waals surface area (Å²) in [6, 6.07) is 10.8. The number of hydrogen-bond acceptors (Lipinski definition) is 1. The molecule has 186 valence electrons. The molecule has 0 aliphatic heterocycles. The van der Waals surface area contributed by atoms with Gasteiger partial charge in [-0.25, -0.2) is 26.3 Å². The number of benzene rings is 4. The zero-order valence-electron chi connectivity index (χ0n) is 19.5. The predicted octanol–water partition coefficient (Wildman–Crippen LogP) is 7.65. The molecule has 0 unspecified atom stereocenters. The van der Waals surface area contributed by atoms with Gasteiger partial charge in [0.05, 0.1) is 17.7 Å². The van der Waals surface area contributed by atoms with Crippen LogP contribution in [0.15, 0.2) is 54.6 Å². The van der Waals surface area contributed by atoms with E-state index in [1.165, 1.54) is 30.3 Å². The van der Waals surface area contributed by atoms with Gasteiger partial charge in [-0.2, -0.15) is 0 Å². The molecule has 0 aliphatic carbocycles. The van der Waals surface area contributed by atoms with Crippen LogP contribution in [0.3, 0.4) is 0 Å². The van der Waals surface area contributed by atoms with E-state index >= 15 is 0 Å². The van der Waals surface area contributed by atoms with Gasteiger partial charge in [-0.05, 0) is 48.2 Å². The van der Waals surface area contributed by atoms with E-state index in [1.54, 1.807) is 0 Å². The summed E-state index contributed by atoms with van der Waals surface area (Å²) in [6.07, 6.45) is 1.63. The van der Waals surface area contributed by atoms with Crippen molar-refractivity contribution in [3.05, 3.63) is 112 Å². The van der Waals surface area contributed by atoms with E-state index in [2.05, 4.69) is 23.7 Å². The molecule has 0 saturated carbocycles. The Morgan fingerprint density at radius 3 is 2.03 bits per heavy atom. The normalized spacial score (nSPS) is 10.5. The van der Waals surface area contributed by atoms with Gasteiger partial charge in [-0.1, -0.05) is 43.1 Å². The number of hydrogen-bond donors (Lipinski definition) is 0. The van der Waals surface area contributed by atoms with Gasteiger partial charge in [0, 0.05) is 28.6 Å². The molecule has 0 fully saturated rings. The van der Waals surface area contributed by atoms with Crippen LogP contribution in [0.1, 0.15) is 42.0 Å². The maximum atomic E-state index is 14.6. The van der Waals surface area contributed by atoms with Gasteiger partial charge in [0.25, 0.3) is 0 Å². The molecule has 0 spiro atoms. The van der Waals surface area contributed by atoms with Crippen LogP contribution in [-0.2, 0) is 0 Å². The summed E-state index contributed by atoms with van der Waals surface area (Å²) in [7, 11) is 0. The molecule has 0 aliphatic rings. The van der Waals surface area contributed by atoms with Crippen LogP contribution >= 0.6 is 0 Å². The van der Waals surface area contributed by atoms with Crippen LogP contribution in [0.25, 0.3) is 10.8 Å². The standard InChI is InChI=1S/C30H18F6O/c1-2-3-12-37-22-16-26(32)24(27(33)17-22)11-7-19-5-9-20(25(31)14-19)8-4-18-6-10-23-21(13-18)15-28(34)30(36)29(23)35/h5-6,9-10,13-17H,2-3,12H2,1H3. The van der Waals surface area contributed by atoms with Crippen LogP contribution in [0.2, 0.25) is 0 Å². The molecular formula is C30H18F6O. The van der Waals surface area contributed by atoms with E-state index < -0.39 is 40.5 Å². The lowest BCUT2D eigenvalue weighted by molar-refractivity contribution is 0.306. The van der Waals surface area contributed by atoms with E-state index in [1.807, 2.05) is 6.92 Å². The summed E-state index contributed by atoms with van der Waals surface area (Å²) in [4.78, 5) is 0. The van der Waals surface area contributed by atoms with E-state index in [9.17, 15) is 26.3 Å². The van der Waals surface area contributed by atoms with Crippen molar-refractivity contribution >= 4 is 10.8 Å². The summed E-state index contributed by atoms with van der Waals surface area (Å²) in [6.45, 7) is 2.31. The fraction of sp³-hybridized carbons (Fsp3) is 0.133. The minimum Gasteiger partial charge on any atom is -0.493 e. The molecule has 4 aromatic carbocycles. The van der Waals surface area contributed by atoms with Crippen molar-refractivity contribution in [1.29, 1.82) is 0 Å². The minimum atomic E-state index is -1.56. The summed E-state index contributed by atoms with van der Waals surface area (Å²) >= 11 is 0. The van der Waals surface area contributed by atoms with Gasteiger partial charge in [0.1, 0.15) is 23.2 Å².